The third-order valence-electron chi connectivity index (χ3n) is 9.85. The van der Waals surface area contributed by atoms with Crippen molar-refractivity contribution in [3.8, 4) is 0 Å². The van der Waals surface area contributed by atoms with Crippen LogP contribution in [0.3, 0.4) is 0 Å². The van der Waals surface area contributed by atoms with Crippen LogP contribution in [0.5, 0.6) is 0 Å². The molecular formula is C40H63N11O8. The topological polar surface area (TPSA) is 304 Å². The first-order chi connectivity index (χ1) is 27.9. The van der Waals surface area contributed by atoms with Gasteiger partial charge in [0.05, 0.1) is 6.04 Å². The van der Waals surface area contributed by atoms with Gasteiger partial charge in [-0.25, -0.2) is 4.79 Å². The molecule has 59 heavy (non-hydrogen) atoms. The van der Waals surface area contributed by atoms with Crippen LogP contribution in [0.2, 0.25) is 0 Å². The molecule has 3 rings (SSSR count). The molecule has 1 aromatic heterocycles. The Morgan fingerprint density at radius 3 is 1.85 bits per heavy atom. The highest BCUT2D eigenvalue weighted by atomic mass is 16.4. The fourth-order valence-electron chi connectivity index (χ4n) is 6.70. The van der Waals surface area contributed by atoms with Crippen molar-refractivity contribution in [3.05, 3.63) is 36.0 Å². The predicted molar refractivity (Wildman–Crippen MR) is 222 cm³/mol. The Kier molecular flexibility index (Phi) is 18.6. The number of aromatic amines is 1. The number of para-hydroxylation sites is 1. The lowest BCUT2D eigenvalue weighted by Crippen LogP contribution is -2.59. The Morgan fingerprint density at radius 2 is 1.29 bits per heavy atom. The second kappa shape index (κ2) is 23.0. The van der Waals surface area contributed by atoms with Gasteiger partial charge < -0.3 is 58.8 Å². The molecule has 7 unspecified atom stereocenters. The van der Waals surface area contributed by atoms with Crippen LogP contribution in [0.25, 0.3) is 10.9 Å². The molecule has 1 saturated heterocycles. The normalized spacial score (nSPS) is 16.8. The van der Waals surface area contributed by atoms with E-state index in [2.05, 4.69) is 47.2 Å². The summed E-state index contributed by atoms with van der Waals surface area (Å²) in [5.74, 6) is -5.09. The van der Waals surface area contributed by atoms with Gasteiger partial charge in [0, 0.05) is 30.1 Å². The summed E-state index contributed by atoms with van der Waals surface area (Å²) in [6.07, 6.45) is 4.04. The zero-order chi connectivity index (χ0) is 43.8. The number of carboxylic acid groups (broad SMARTS) is 1. The lowest BCUT2D eigenvalue weighted by molar-refractivity contribution is -0.142. The molecule has 0 radical (unpaired) electrons. The number of aromatic nitrogens is 1. The van der Waals surface area contributed by atoms with E-state index in [1.807, 2.05) is 52.0 Å². The third kappa shape index (κ3) is 15.5. The summed E-state index contributed by atoms with van der Waals surface area (Å²) in [5, 5.41) is 29.6. The number of aliphatic imine (C=N–C) groups is 1. The number of aliphatic carboxylic acids is 1. The van der Waals surface area contributed by atoms with Crippen molar-refractivity contribution in [1.82, 2.24) is 42.2 Å². The average molecular weight is 826 g/mol. The van der Waals surface area contributed by atoms with E-state index in [0.29, 0.717) is 24.9 Å². The van der Waals surface area contributed by atoms with Crippen LogP contribution >= 0.6 is 0 Å². The number of hydrogen-bond acceptors (Lipinski definition) is 9. The number of fused-ring (bicyclic) bond motifs is 1. The molecule has 1 aromatic carbocycles. The predicted octanol–water partition coefficient (Wildman–Crippen LogP) is -0.359. The van der Waals surface area contributed by atoms with Gasteiger partial charge in [-0.3, -0.25) is 33.8 Å². The zero-order valence-corrected chi connectivity index (χ0v) is 34.9. The van der Waals surface area contributed by atoms with Gasteiger partial charge in [-0.1, -0.05) is 45.9 Å². The van der Waals surface area contributed by atoms with Gasteiger partial charge in [0.1, 0.15) is 36.3 Å². The SMILES string of the molecule is CC(C)CC(NC(=O)C(C)NC(=O)C(CC(C)C)NC(=O)C1CCCN1)C(=O)NC(Cc1c[nH]c2ccccc12)C(=O)NC(C)C(=O)NC(CCCN=C(N)N)C(=O)O. The summed E-state index contributed by atoms with van der Waals surface area (Å²) in [5.41, 5.74) is 12.1. The molecule has 2 heterocycles. The van der Waals surface area contributed by atoms with E-state index in [4.69, 9.17) is 11.5 Å². The van der Waals surface area contributed by atoms with Crippen molar-refractivity contribution in [1.29, 1.82) is 0 Å². The number of rotatable bonds is 23. The molecule has 13 N–H and O–H groups in total. The first-order valence-electron chi connectivity index (χ1n) is 20.2. The number of guanidine groups is 1. The molecule has 6 amide bonds. The van der Waals surface area contributed by atoms with Gasteiger partial charge in [0.2, 0.25) is 35.4 Å². The van der Waals surface area contributed by atoms with Crippen molar-refractivity contribution in [3.63, 3.8) is 0 Å². The van der Waals surface area contributed by atoms with E-state index >= 15 is 0 Å². The van der Waals surface area contributed by atoms with Gasteiger partial charge in [0.15, 0.2) is 5.96 Å². The zero-order valence-electron chi connectivity index (χ0n) is 34.9. The quantitative estimate of drug-likeness (QED) is 0.0391. The fraction of sp³-hybridized carbons (Fsp3) is 0.600. The molecule has 0 spiro atoms. The minimum atomic E-state index is -1.28. The molecule has 326 valence electrons. The average Bonchev–Trinajstić information content (AvgIpc) is 3.85. The Hall–Kier alpha value is -5.72. The summed E-state index contributed by atoms with van der Waals surface area (Å²) < 4.78 is 0. The lowest BCUT2D eigenvalue weighted by Gasteiger charge is -2.27. The number of benzene rings is 1. The molecule has 19 heteroatoms. The second-order valence-corrected chi connectivity index (χ2v) is 16.0. The van der Waals surface area contributed by atoms with Crippen LogP contribution in [0, 0.1) is 11.8 Å². The number of hydrogen-bond donors (Lipinski definition) is 11. The van der Waals surface area contributed by atoms with Crippen LogP contribution in [0.4, 0.5) is 0 Å². The largest absolute Gasteiger partial charge is 0.480 e. The van der Waals surface area contributed by atoms with E-state index in [0.717, 1.165) is 17.3 Å². The Bertz CT molecular complexity index is 1800. The Balaban J connectivity index is 1.76. The van der Waals surface area contributed by atoms with Gasteiger partial charge >= 0.3 is 5.97 Å². The van der Waals surface area contributed by atoms with Crippen LogP contribution in [0.15, 0.2) is 35.5 Å². The molecule has 7 atom stereocenters. The lowest BCUT2D eigenvalue weighted by atomic mass is 10.00. The maximum absolute atomic E-state index is 14.0. The number of nitrogens with zero attached hydrogens (tertiary/aromatic N) is 1. The highest BCUT2D eigenvalue weighted by molar-refractivity contribution is 5.97. The molecule has 0 aliphatic carbocycles. The second-order valence-electron chi connectivity index (χ2n) is 16.0. The summed E-state index contributed by atoms with van der Waals surface area (Å²) in [6, 6.07) is 0.161. The van der Waals surface area contributed by atoms with Crippen molar-refractivity contribution >= 4 is 58.3 Å². The summed E-state index contributed by atoms with van der Waals surface area (Å²) >= 11 is 0. The van der Waals surface area contributed by atoms with Crippen molar-refractivity contribution in [2.45, 2.75) is 129 Å². The van der Waals surface area contributed by atoms with E-state index < -0.39 is 77.8 Å². The van der Waals surface area contributed by atoms with E-state index in [1.165, 1.54) is 13.8 Å². The molecule has 1 aliphatic rings. The maximum Gasteiger partial charge on any atom is 0.326 e. The molecule has 0 saturated carbocycles. The van der Waals surface area contributed by atoms with Crippen molar-refractivity contribution in [2.24, 2.45) is 28.3 Å². The smallest absolute Gasteiger partial charge is 0.326 e. The van der Waals surface area contributed by atoms with Crippen molar-refractivity contribution in [2.75, 3.05) is 13.1 Å². The maximum atomic E-state index is 14.0. The minimum absolute atomic E-state index is 0.00733. The number of amides is 6. The van der Waals surface area contributed by atoms with E-state index in [9.17, 15) is 38.7 Å². The number of carboxylic acids is 1. The number of carbonyl (C=O) groups is 7. The van der Waals surface area contributed by atoms with Gasteiger partial charge in [-0.15, -0.1) is 0 Å². The van der Waals surface area contributed by atoms with Gasteiger partial charge in [-0.2, -0.15) is 0 Å². The molecule has 1 fully saturated rings. The monoisotopic (exact) mass is 825 g/mol. The number of nitrogens with two attached hydrogens (primary N) is 2. The summed E-state index contributed by atoms with van der Waals surface area (Å²) in [6.45, 7) is 11.3. The first-order valence-corrected chi connectivity index (χ1v) is 20.2. The molecule has 2 aromatic rings. The van der Waals surface area contributed by atoms with Crippen LogP contribution < -0.4 is 48.7 Å². The van der Waals surface area contributed by atoms with Gasteiger partial charge in [0.25, 0.3) is 0 Å². The highest BCUT2D eigenvalue weighted by Gasteiger charge is 2.33. The van der Waals surface area contributed by atoms with Crippen LogP contribution in [0.1, 0.15) is 85.6 Å². The van der Waals surface area contributed by atoms with Crippen molar-refractivity contribution < 1.29 is 38.7 Å². The van der Waals surface area contributed by atoms with Crippen LogP contribution in [-0.4, -0.2) is 113 Å². The molecule has 19 nitrogen and oxygen atoms in total. The molecular weight excluding hydrogens is 763 g/mol. The van der Waals surface area contributed by atoms with Crippen LogP contribution in [-0.2, 0) is 40.0 Å². The Morgan fingerprint density at radius 1 is 0.746 bits per heavy atom. The highest BCUT2D eigenvalue weighted by Crippen LogP contribution is 2.20. The molecule has 0 bridgehead atoms. The Labute approximate surface area is 344 Å². The minimum Gasteiger partial charge on any atom is -0.480 e. The molecule has 1 aliphatic heterocycles. The summed E-state index contributed by atoms with van der Waals surface area (Å²) in [7, 11) is 0. The number of carbonyl (C=O) groups excluding carboxylic acids is 6. The summed E-state index contributed by atoms with van der Waals surface area (Å²) in [4.78, 5) is 99.7. The first kappa shape index (κ1) is 47.7. The van der Waals surface area contributed by atoms with Gasteiger partial charge in [-0.05, 0) is 82.4 Å². The standard InChI is InChI=1S/C40H63N11O8/c1-21(2)17-30(50-35(54)28-13-9-15-43-28)36(55)46-24(6)34(53)49-31(18-22(3)4)38(57)51-32(19-25-20-45-27-12-8-7-11-26(25)27)37(56)47-23(5)33(52)48-29(39(58)59)14-10-16-44-40(41)42/h7-8,11-12,20-24,28-32,43,45H,9-10,13-19H2,1-6H3,(H,46,55)(H,47,56)(H,48,52)(H,49,53)(H,50,54)(H,51,57)(H,58,59)(H4,41,42,44). The fourth-order valence-corrected chi connectivity index (χ4v) is 6.70. The van der Waals surface area contributed by atoms with E-state index in [-0.39, 0.29) is 55.9 Å². The third-order valence-corrected chi connectivity index (χ3v) is 9.85. The van der Waals surface area contributed by atoms with E-state index in [1.54, 1.807) is 6.20 Å². The number of H-pyrrole nitrogens is 1. The number of nitrogens with one attached hydrogen (secondary N) is 8.